The highest BCUT2D eigenvalue weighted by molar-refractivity contribution is 5.96. The van der Waals surface area contributed by atoms with Gasteiger partial charge in [-0.2, -0.15) is 0 Å². The van der Waals surface area contributed by atoms with Crippen LogP contribution in [0.1, 0.15) is 20.8 Å². The number of amides is 2. The van der Waals surface area contributed by atoms with Gasteiger partial charge in [0, 0.05) is 18.7 Å². The first-order valence-electron chi connectivity index (χ1n) is 8.13. The molecular weight excluding hydrogens is 322 g/mol. The highest BCUT2D eigenvalue weighted by Gasteiger charge is 2.32. The summed E-state index contributed by atoms with van der Waals surface area (Å²) in [4.78, 5) is 31.6. The first-order valence-corrected chi connectivity index (χ1v) is 8.13. The van der Waals surface area contributed by atoms with E-state index in [4.69, 9.17) is 9.15 Å². The summed E-state index contributed by atoms with van der Waals surface area (Å²) in [6.07, 6.45) is 1.05. The number of piperazine rings is 1. The molecule has 1 aliphatic heterocycles. The van der Waals surface area contributed by atoms with Gasteiger partial charge in [0.2, 0.25) is 17.7 Å². The van der Waals surface area contributed by atoms with Gasteiger partial charge in [-0.3, -0.25) is 14.6 Å². The summed E-state index contributed by atoms with van der Waals surface area (Å²) >= 11 is 0. The molecule has 2 amide bonds. The van der Waals surface area contributed by atoms with E-state index in [-0.39, 0.29) is 12.5 Å². The number of hydrogen-bond acceptors (Lipinski definition) is 5. The first kappa shape index (κ1) is 17.0. The number of carbonyl (C=O) groups excluding carboxylic acids is 2. The molecule has 0 spiro atoms. The summed E-state index contributed by atoms with van der Waals surface area (Å²) in [7, 11) is 0. The summed E-state index contributed by atoms with van der Waals surface area (Å²) in [6.45, 7) is 6.05. The molecule has 1 aromatic heterocycles. The predicted octanol–water partition coefficient (Wildman–Crippen LogP) is 2.93. The van der Waals surface area contributed by atoms with Crippen molar-refractivity contribution in [1.82, 2.24) is 9.88 Å². The van der Waals surface area contributed by atoms with Crippen molar-refractivity contribution in [1.29, 1.82) is 0 Å². The zero-order valence-electron chi connectivity index (χ0n) is 14.6. The van der Waals surface area contributed by atoms with Crippen molar-refractivity contribution in [2.75, 3.05) is 24.5 Å². The van der Waals surface area contributed by atoms with Gasteiger partial charge in [-0.15, -0.1) is 0 Å². The van der Waals surface area contributed by atoms with E-state index in [0.717, 1.165) is 5.56 Å². The normalized spacial score (nSPS) is 15.4. The Morgan fingerprint density at radius 2 is 1.92 bits per heavy atom. The van der Waals surface area contributed by atoms with Crippen LogP contribution in [0.25, 0.3) is 11.5 Å². The van der Waals surface area contributed by atoms with E-state index in [0.29, 0.717) is 24.9 Å². The quantitative estimate of drug-likeness (QED) is 0.838. The number of benzene rings is 1. The summed E-state index contributed by atoms with van der Waals surface area (Å²) in [6, 6.07) is 9.47. The summed E-state index contributed by atoms with van der Waals surface area (Å²) < 4.78 is 11.0. The van der Waals surface area contributed by atoms with Gasteiger partial charge in [-0.05, 0) is 32.9 Å². The largest absolute Gasteiger partial charge is 0.444 e. The third kappa shape index (κ3) is 3.99. The van der Waals surface area contributed by atoms with E-state index < -0.39 is 11.7 Å². The lowest BCUT2D eigenvalue weighted by Gasteiger charge is -2.33. The van der Waals surface area contributed by atoms with Crippen molar-refractivity contribution in [3.63, 3.8) is 0 Å². The average Bonchev–Trinajstić information content (AvgIpc) is 3.03. The van der Waals surface area contributed by atoms with E-state index in [1.54, 1.807) is 20.8 Å². The fourth-order valence-electron chi connectivity index (χ4n) is 2.49. The zero-order chi connectivity index (χ0) is 18.0. The second-order valence-electron chi connectivity index (χ2n) is 6.82. The van der Waals surface area contributed by atoms with Gasteiger partial charge in [-0.25, -0.2) is 9.78 Å². The maximum atomic E-state index is 12.4. The molecule has 0 radical (unpaired) electrons. The number of carbonyl (C=O) groups is 2. The summed E-state index contributed by atoms with van der Waals surface area (Å²) in [5.41, 5.74) is 0.251. The molecule has 1 aliphatic rings. The Morgan fingerprint density at radius 3 is 2.56 bits per heavy atom. The average molecular weight is 343 g/mol. The van der Waals surface area contributed by atoms with Crippen LogP contribution < -0.4 is 4.90 Å². The molecule has 1 fully saturated rings. The van der Waals surface area contributed by atoms with Crippen LogP contribution in [0.3, 0.4) is 0 Å². The number of anilines is 1. The van der Waals surface area contributed by atoms with Crippen molar-refractivity contribution in [3.05, 3.63) is 36.5 Å². The van der Waals surface area contributed by atoms with Gasteiger partial charge in [0.25, 0.3) is 0 Å². The Balaban J connectivity index is 1.67. The first-order chi connectivity index (χ1) is 11.8. The van der Waals surface area contributed by atoms with Gasteiger partial charge in [0.1, 0.15) is 12.1 Å². The molecule has 0 saturated carbocycles. The SMILES string of the molecule is CC(C)(C)OC(=O)N1CCN(c2cnc(-c3ccccc3)o2)C(=O)C1. The lowest BCUT2D eigenvalue weighted by molar-refractivity contribution is -0.121. The van der Waals surface area contributed by atoms with Gasteiger partial charge in [0.15, 0.2) is 0 Å². The minimum atomic E-state index is -0.590. The number of hydrogen-bond donors (Lipinski definition) is 0. The smallest absolute Gasteiger partial charge is 0.410 e. The van der Waals surface area contributed by atoms with Crippen LogP contribution in [0.5, 0.6) is 0 Å². The maximum Gasteiger partial charge on any atom is 0.410 e. The zero-order valence-corrected chi connectivity index (χ0v) is 14.6. The van der Waals surface area contributed by atoms with Crippen molar-refractivity contribution < 1.29 is 18.7 Å². The molecule has 1 saturated heterocycles. The topological polar surface area (TPSA) is 75.9 Å². The van der Waals surface area contributed by atoms with E-state index in [1.165, 1.54) is 16.0 Å². The Labute approximate surface area is 146 Å². The van der Waals surface area contributed by atoms with Crippen LogP contribution in [0.2, 0.25) is 0 Å². The molecule has 0 unspecified atom stereocenters. The number of oxazole rings is 1. The van der Waals surface area contributed by atoms with Crippen LogP contribution in [-0.2, 0) is 9.53 Å². The minimum Gasteiger partial charge on any atom is -0.444 e. The van der Waals surface area contributed by atoms with Crippen LogP contribution in [0.15, 0.2) is 40.9 Å². The van der Waals surface area contributed by atoms with Crippen LogP contribution in [0, 0.1) is 0 Å². The van der Waals surface area contributed by atoms with E-state index in [2.05, 4.69) is 4.98 Å². The monoisotopic (exact) mass is 343 g/mol. The predicted molar refractivity (Wildman–Crippen MR) is 92.1 cm³/mol. The van der Waals surface area contributed by atoms with Crippen LogP contribution in [-0.4, -0.2) is 47.1 Å². The molecule has 0 bridgehead atoms. The van der Waals surface area contributed by atoms with Crippen molar-refractivity contribution in [2.45, 2.75) is 26.4 Å². The van der Waals surface area contributed by atoms with Gasteiger partial charge in [-0.1, -0.05) is 18.2 Å². The molecule has 0 aliphatic carbocycles. The molecule has 0 N–H and O–H groups in total. The van der Waals surface area contributed by atoms with Crippen LogP contribution >= 0.6 is 0 Å². The number of aromatic nitrogens is 1. The van der Waals surface area contributed by atoms with E-state index in [1.807, 2.05) is 30.3 Å². The van der Waals surface area contributed by atoms with Crippen molar-refractivity contribution in [3.8, 4) is 11.5 Å². The lowest BCUT2D eigenvalue weighted by atomic mass is 10.2. The molecule has 7 heteroatoms. The molecule has 132 valence electrons. The van der Waals surface area contributed by atoms with Gasteiger partial charge < -0.3 is 9.15 Å². The van der Waals surface area contributed by atoms with Gasteiger partial charge in [0.05, 0.1) is 6.20 Å². The van der Waals surface area contributed by atoms with Crippen molar-refractivity contribution >= 4 is 17.9 Å². The number of ether oxygens (including phenoxy) is 1. The third-order valence-corrected chi connectivity index (χ3v) is 3.65. The van der Waals surface area contributed by atoms with Gasteiger partial charge >= 0.3 is 6.09 Å². The highest BCUT2D eigenvalue weighted by Crippen LogP contribution is 2.25. The fourth-order valence-corrected chi connectivity index (χ4v) is 2.49. The summed E-state index contributed by atoms with van der Waals surface area (Å²) in [5, 5.41) is 0. The lowest BCUT2D eigenvalue weighted by Crippen LogP contribution is -2.53. The maximum absolute atomic E-state index is 12.4. The van der Waals surface area contributed by atoms with E-state index >= 15 is 0 Å². The molecule has 2 heterocycles. The molecular formula is C18H21N3O4. The standard InChI is InChI=1S/C18H21N3O4/c1-18(2,3)25-17(23)20-9-10-21(14(22)12-20)15-11-19-16(24-15)13-7-5-4-6-8-13/h4-8,11H,9-10,12H2,1-3H3. The summed E-state index contributed by atoms with van der Waals surface area (Å²) in [5.74, 6) is 0.610. The molecule has 25 heavy (non-hydrogen) atoms. The van der Waals surface area contributed by atoms with Crippen LogP contribution in [0.4, 0.5) is 10.7 Å². The van der Waals surface area contributed by atoms with Crippen molar-refractivity contribution in [2.24, 2.45) is 0 Å². The fraction of sp³-hybridized carbons (Fsp3) is 0.389. The molecule has 0 atom stereocenters. The molecule has 3 rings (SSSR count). The molecule has 2 aromatic rings. The Bertz CT molecular complexity index is 764. The Morgan fingerprint density at radius 1 is 1.20 bits per heavy atom. The second kappa shape index (κ2) is 6.58. The Hall–Kier alpha value is -2.83. The third-order valence-electron chi connectivity index (χ3n) is 3.65. The Kier molecular flexibility index (Phi) is 4.48. The number of rotatable bonds is 2. The van der Waals surface area contributed by atoms with E-state index in [9.17, 15) is 9.59 Å². The minimum absolute atomic E-state index is 0.0454. The molecule has 7 nitrogen and oxygen atoms in total. The number of nitrogens with zero attached hydrogens (tertiary/aromatic N) is 3. The highest BCUT2D eigenvalue weighted by atomic mass is 16.6. The second-order valence-corrected chi connectivity index (χ2v) is 6.82. The molecule has 1 aromatic carbocycles.